The molecule has 1 aliphatic rings. The Kier molecular flexibility index (Phi) is 3.96. The standard InChI is InChI=1S/C11H17ClN4/c1-9-5-8-16(7-2-6-13-9)11-4-3-10(12)14-15-11/h3-4,9,13H,2,5-8H2,1H3. The van der Waals surface area contributed by atoms with Gasteiger partial charge in [-0.25, -0.2) is 0 Å². The average Bonchev–Trinajstić information content (AvgIpc) is 2.26. The number of hydrogen-bond donors (Lipinski definition) is 1. The summed E-state index contributed by atoms with van der Waals surface area (Å²) in [5.74, 6) is 0.929. The summed E-state index contributed by atoms with van der Waals surface area (Å²) in [6.45, 7) is 5.33. The van der Waals surface area contributed by atoms with E-state index in [9.17, 15) is 0 Å². The molecule has 0 aromatic carbocycles. The first kappa shape index (κ1) is 11.6. The Bertz CT molecular complexity index is 327. The molecular formula is C11H17ClN4. The van der Waals surface area contributed by atoms with Crippen LogP contribution in [0.15, 0.2) is 12.1 Å². The van der Waals surface area contributed by atoms with Crippen LogP contribution in [0.3, 0.4) is 0 Å². The Labute approximate surface area is 101 Å². The van der Waals surface area contributed by atoms with Crippen molar-refractivity contribution in [1.82, 2.24) is 15.5 Å². The van der Waals surface area contributed by atoms with Gasteiger partial charge in [0, 0.05) is 19.1 Å². The second kappa shape index (κ2) is 5.46. The molecule has 4 nitrogen and oxygen atoms in total. The van der Waals surface area contributed by atoms with Crippen molar-refractivity contribution in [3.8, 4) is 0 Å². The monoisotopic (exact) mass is 240 g/mol. The van der Waals surface area contributed by atoms with Crippen LogP contribution in [0, 0.1) is 0 Å². The van der Waals surface area contributed by atoms with Crippen molar-refractivity contribution < 1.29 is 0 Å². The van der Waals surface area contributed by atoms with Gasteiger partial charge >= 0.3 is 0 Å². The van der Waals surface area contributed by atoms with E-state index in [1.165, 1.54) is 0 Å². The minimum atomic E-state index is 0.450. The van der Waals surface area contributed by atoms with Crippen molar-refractivity contribution in [2.24, 2.45) is 0 Å². The van der Waals surface area contributed by atoms with Crippen LogP contribution in [0.25, 0.3) is 0 Å². The summed E-state index contributed by atoms with van der Waals surface area (Å²) in [5, 5.41) is 11.9. The van der Waals surface area contributed by atoms with E-state index in [0.717, 1.165) is 38.3 Å². The molecule has 1 unspecified atom stereocenters. The van der Waals surface area contributed by atoms with Crippen LogP contribution in [-0.4, -0.2) is 35.9 Å². The van der Waals surface area contributed by atoms with Crippen molar-refractivity contribution in [1.29, 1.82) is 0 Å². The van der Waals surface area contributed by atoms with E-state index >= 15 is 0 Å². The van der Waals surface area contributed by atoms with Crippen LogP contribution < -0.4 is 10.2 Å². The van der Waals surface area contributed by atoms with Crippen molar-refractivity contribution in [2.45, 2.75) is 25.8 Å². The van der Waals surface area contributed by atoms with Crippen LogP contribution in [-0.2, 0) is 0 Å². The highest BCUT2D eigenvalue weighted by atomic mass is 35.5. The molecule has 1 N–H and O–H groups in total. The van der Waals surface area contributed by atoms with E-state index in [4.69, 9.17) is 11.6 Å². The highest BCUT2D eigenvalue weighted by Gasteiger charge is 2.13. The zero-order valence-electron chi connectivity index (χ0n) is 9.49. The topological polar surface area (TPSA) is 41.1 Å². The molecule has 5 heteroatoms. The van der Waals surface area contributed by atoms with Crippen LogP contribution in [0.2, 0.25) is 5.15 Å². The predicted molar refractivity (Wildman–Crippen MR) is 66.0 cm³/mol. The third-order valence-electron chi connectivity index (χ3n) is 2.87. The fourth-order valence-electron chi connectivity index (χ4n) is 1.89. The van der Waals surface area contributed by atoms with Gasteiger partial charge in [-0.3, -0.25) is 0 Å². The maximum absolute atomic E-state index is 5.73. The second-order valence-electron chi connectivity index (χ2n) is 4.20. The molecule has 1 aromatic rings. The van der Waals surface area contributed by atoms with Gasteiger partial charge in [-0.2, -0.15) is 0 Å². The molecular weight excluding hydrogens is 224 g/mol. The number of nitrogens with one attached hydrogen (secondary N) is 1. The fraction of sp³-hybridized carbons (Fsp3) is 0.636. The smallest absolute Gasteiger partial charge is 0.151 e. The molecule has 88 valence electrons. The van der Waals surface area contributed by atoms with Gasteiger partial charge < -0.3 is 10.2 Å². The molecule has 0 radical (unpaired) electrons. The minimum absolute atomic E-state index is 0.450. The van der Waals surface area contributed by atoms with Crippen molar-refractivity contribution in [3.63, 3.8) is 0 Å². The summed E-state index contributed by atoms with van der Waals surface area (Å²) in [5.41, 5.74) is 0. The average molecular weight is 241 g/mol. The van der Waals surface area contributed by atoms with Crippen LogP contribution in [0.1, 0.15) is 19.8 Å². The van der Waals surface area contributed by atoms with E-state index in [2.05, 4.69) is 27.3 Å². The number of hydrogen-bond acceptors (Lipinski definition) is 4. The summed E-state index contributed by atoms with van der Waals surface area (Å²) in [4.78, 5) is 2.28. The van der Waals surface area contributed by atoms with Gasteiger partial charge in [0.15, 0.2) is 11.0 Å². The zero-order chi connectivity index (χ0) is 11.4. The highest BCUT2D eigenvalue weighted by Crippen LogP contribution is 2.14. The van der Waals surface area contributed by atoms with Gasteiger partial charge in [0.1, 0.15) is 0 Å². The highest BCUT2D eigenvalue weighted by molar-refractivity contribution is 6.29. The van der Waals surface area contributed by atoms with Gasteiger partial charge in [-0.1, -0.05) is 11.6 Å². The molecule has 1 aromatic heterocycles. The Hall–Kier alpha value is -0.870. The molecule has 1 saturated heterocycles. The molecule has 1 fully saturated rings. The molecule has 16 heavy (non-hydrogen) atoms. The molecule has 2 rings (SSSR count). The number of rotatable bonds is 1. The Morgan fingerprint density at radius 1 is 1.38 bits per heavy atom. The zero-order valence-corrected chi connectivity index (χ0v) is 10.2. The third kappa shape index (κ3) is 3.06. The predicted octanol–water partition coefficient (Wildman–Crippen LogP) is 1.71. The molecule has 0 aliphatic carbocycles. The van der Waals surface area contributed by atoms with Gasteiger partial charge in [0.2, 0.25) is 0 Å². The SMILES string of the molecule is CC1CCN(c2ccc(Cl)nn2)CCCN1. The maximum atomic E-state index is 5.73. The minimum Gasteiger partial charge on any atom is -0.355 e. The molecule has 1 atom stereocenters. The van der Waals surface area contributed by atoms with Crippen LogP contribution in [0.4, 0.5) is 5.82 Å². The van der Waals surface area contributed by atoms with Gasteiger partial charge in [0.25, 0.3) is 0 Å². The van der Waals surface area contributed by atoms with Gasteiger partial charge in [-0.15, -0.1) is 10.2 Å². The summed E-state index contributed by atoms with van der Waals surface area (Å²) in [6.07, 6.45) is 2.26. The fourth-order valence-corrected chi connectivity index (χ4v) is 1.99. The maximum Gasteiger partial charge on any atom is 0.151 e. The summed E-state index contributed by atoms with van der Waals surface area (Å²) in [7, 11) is 0. The number of nitrogens with zero attached hydrogens (tertiary/aromatic N) is 3. The number of halogens is 1. The van der Waals surface area contributed by atoms with Gasteiger partial charge in [0.05, 0.1) is 0 Å². The first-order valence-electron chi connectivity index (χ1n) is 5.73. The lowest BCUT2D eigenvalue weighted by atomic mass is 10.2. The summed E-state index contributed by atoms with van der Waals surface area (Å²) in [6, 6.07) is 4.31. The van der Waals surface area contributed by atoms with Crippen LogP contribution in [0.5, 0.6) is 0 Å². The van der Waals surface area contributed by atoms with E-state index < -0.39 is 0 Å². The second-order valence-corrected chi connectivity index (χ2v) is 4.59. The molecule has 0 spiro atoms. The Balaban J connectivity index is 2.04. The normalized spacial score (nSPS) is 22.6. The third-order valence-corrected chi connectivity index (χ3v) is 3.07. The first-order chi connectivity index (χ1) is 7.75. The lowest BCUT2D eigenvalue weighted by Gasteiger charge is -2.28. The lowest BCUT2D eigenvalue weighted by Crippen LogP contribution is -2.38. The van der Waals surface area contributed by atoms with Gasteiger partial charge in [-0.05, 0) is 38.4 Å². The molecule has 0 saturated carbocycles. The number of aromatic nitrogens is 2. The van der Waals surface area contributed by atoms with Crippen molar-refractivity contribution in [3.05, 3.63) is 17.3 Å². The van der Waals surface area contributed by atoms with E-state index in [1.54, 1.807) is 6.07 Å². The van der Waals surface area contributed by atoms with E-state index in [-0.39, 0.29) is 0 Å². The summed E-state index contributed by atoms with van der Waals surface area (Å²) >= 11 is 5.73. The quantitative estimate of drug-likeness (QED) is 0.812. The van der Waals surface area contributed by atoms with E-state index in [1.807, 2.05) is 6.07 Å². The van der Waals surface area contributed by atoms with Crippen molar-refractivity contribution >= 4 is 17.4 Å². The lowest BCUT2D eigenvalue weighted by molar-refractivity contribution is 0.473. The molecule has 2 heterocycles. The molecule has 1 aliphatic heterocycles. The Morgan fingerprint density at radius 3 is 3.00 bits per heavy atom. The Morgan fingerprint density at radius 2 is 2.25 bits per heavy atom. The molecule has 0 bridgehead atoms. The first-order valence-corrected chi connectivity index (χ1v) is 6.11. The van der Waals surface area contributed by atoms with Crippen LogP contribution >= 0.6 is 11.6 Å². The number of anilines is 1. The summed E-state index contributed by atoms with van der Waals surface area (Å²) < 4.78 is 0. The van der Waals surface area contributed by atoms with E-state index in [0.29, 0.717) is 11.2 Å². The van der Waals surface area contributed by atoms with Crippen molar-refractivity contribution in [2.75, 3.05) is 24.5 Å². The largest absolute Gasteiger partial charge is 0.355 e. The molecule has 0 amide bonds.